The largest absolute Gasteiger partial charge is 0.464 e. The Balaban J connectivity index is 4.45. The van der Waals surface area contributed by atoms with Crippen LogP contribution in [0.1, 0.15) is 40.5 Å². The van der Waals surface area contributed by atoms with Gasteiger partial charge in [-0.25, -0.2) is 0 Å². The van der Waals surface area contributed by atoms with Crippen molar-refractivity contribution >= 4 is 11.6 Å². The number of halogens is 1. The summed E-state index contributed by atoms with van der Waals surface area (Å²) in [6.07, 6.45) is 2.16. The summed E-state index contributed by atoms with van der Waals surface area (Å²) in [6.45, 7) is 12.6. The van der Waals surface area contributed by atoms with Gasteiger partial charge in [0.1, 0.15) is 0 Å². The predicted octanol–water partition coefficient (Wildman–Crippen LogP) is 3.57. The standard InChI is InChI=1S/C11H22ClNO/c1-6-9(3)13(10(4)7-2)11(5)14-8-12/h9-10H,5-8H2,1-4H3. The topological polar surface area (TPSA) is 12.5 Å². The highest BCUT2D eigenvalue weighted by Crippen LogP contribution is 2.18. The Morgan fingerprint density at radius 3 is 2.00 bits per heavy atom. The van der Waals surface area contributed by atoms with Crippen LogP contribution in [0.4, 0.5) is 0 Å². The van der Waals surface area contributed by atoms with Crippen molar-refractivity contribution in [2.45, 2.75) is 52.6 Å². The third-order valence-corrected chi connectivity index (χ3v) is 2.75. The molecular formula is C11H22ClNO. The van der Waals surface area contributed by atoms with Gasteiger partial charge in [-0.3, -0.25) is 0 Å². The summed E-state index contributed by atoms with van der Waals surface area (Å²) in [4.78, 5) is 2.20. The van der Waals surface area contributed by atoms with Gasteiger partial charge in [0, 0.05) is 12.1 Å². The lowest BCUT2D eigenvalue weighted by molar-refractivity contribution is 0.0807. The molecule has 0 heterocycles. The van der Waals surface area contributed by atoms with Crippen LogP contribution in [0.25, 0.3) is 0 Å². The van der Waals surface area contributed by atoms with E-state index in [1.54, 1.807) is 0 Å². The molecule has 0 aromatic heterocycles. The average molecular weight is 220 g/mol. The minimum absolute atomic E-state index is 0.169. The minimum atomic E-state index is 0.169. The summed E-state index contributed by atoms with van der Waals surface area (Å²) >= 11 is 5.53. The highest BCUT2D eigenvalue weighted by molar-refractivity contribution is 6.17. The van der Waals surface area contributed by atoms with Gasteiger partial charge in [-0.1, -0.05) is 25.4 Å². The average Bonchev–Trinajstić information content (AvgIpc) is 2.17. The van der Waals surface area contributed by atoms with E-state index in [1.807, 2.05) is 0 Å². The Hall–Kier alpha value is -0.370. The third-order valence-electron chi connectivity index (χ3n) is 2.64. The van der Waals surface area contributed by atoms with Crippen molar-refractivity contribution in [2.75, 3.05) is 6.07 Å². The smallest absolute Gasteiger partial charge is 0.183 e. The first-order valence-corrected chi connectivity index (χ1v) is 5.77. The van der Waals surface area contributed by atoms with Crippen LogP contribution in [0.2, 0.25) is 0 Å². The summed E-state index contributed by atoms with van der Waals surface area (Å²) in [7, 11) is 0. The molecule has 0 aliphatic carbocycles. The zero-order valence-electron chi connectivity index (χ0n) is 9.72. The maximum absolute atomic E-state index is 5.53. The fourth-order valence-electron chi connectivity index (χ4n) is 1.46. The van der Waals surface area contributed by atoms with Crippen molar-refractivity contribution in [3.05, 3.63) is 12.5 Å². The molecule has 0 rings (SSSR count). The molecule has 0 aromatic rings. The first-order chi connectivity index (χ1) is 6.58. The summed E-state index contributed by atoms with van der Waals surface area (Å²) in [5.41, 5.74) is 0. The van der Waals surface area contributed by atoms with E-state index in [0.29, 0.717) is 18.0 Å². The Labute approximate surface area is 92.9 Å². The molecule has 0 fully saturated rings. The van der Waals surface area contributed by atoms with E-state index in [2.05, 4.69) is 39.2 Å². The quantitative estimate of drug-likeness (QED) is 0.480. The number of ether oxygens (including phenoxy) is 1. The van der Waals surface area contributed by atoms with E-state index < -0.39 is 0 Å². The Morgan fingerprint density at radius 2 is 1.71 bits per heavy atom. The van der Waals surface area contributed by atoms with E-state index in [1.165, 1.54) is 0 Å². The summed E-state index contributed by atoms with van der Waals surface area (Å²) in [6, 6.07) is 1.06. The molecule has 0 saturated heterocycles. The van der Waals surface area contributed by atoms with Crippen LogP contribution < -0.4 is 0 Å². The number of alkyl halides is 1. The Kier molecular flexibility index (Phi) is 6.81. The predicted molar refractivity (Wildman–Crippen MR) is 62.3 cm³/mol. The molecule has 0 saturated carbocycles. The number of nitrogens with zero attached hydrogens (tertiary/aromatic N) is 1. The van der Waals surface area contributed by atoms with Gasteiger partial charge in [0.05, 0.1) is 0 Å². The lowest BCUT2D eigenvalue weighted by atomic mass is 10.1. The van der Waals surface area contributed by atoms with E-state index >= 15 is 0 Å². The number of hydrogen-bond acceptors (Lipinski definition) is 2. The molecule has 0 N–H and O–H groups in total. The first-order valence-electron chi connectivity index (χ1n) is 5.24. The fourth-order valence-corrected chi connectivity index (χ4v) is 1.58. The highest BCUT2D eigenvalue weighted by Gasteiger charge is 2.19. The van der Waals surface area contributed by atoms with Crippen molar-refractivity contribution in [2.24, 2.45) is 0 Å². The Morgan fingerprint density at radius 1 is 1.29 bits per heavy atom. The van der Waals surface area contributed by atoms with Crippen LogP contribution in [0, 0.1) is 0 Å². The van der Waals surface area contributed by atoms with Crippen LogP contribution in [0.5, 0.6) is 0 Å². The van der Waals surface area contributed by atoms with Gasteiger partial charge < -0.3 is 9.64 Å². The molecule has 14 heavy (non-hydrogen) atoms. The molecule has 0 spiro atoms. The maximum atomic E-state index is 5.53. The van der Waals surface area contributed by atoms with Crippen LogP contribution in [-0.4, -0.2) is 23.0 Å². The van der Waals surface area contributed by atoms with Gasteiger partial charge in [-0.15, -0.1) is 0 Å². The van der Waals surface area contributed by atoms with Crippen molar-refractivity contribution in [1.29, 1.82) is 0 Å². The lowest BCUT2D eigenvalue weighted by Crippen LogP contribution is -2.39. The van der Waals surface area contributed by atoms with Crippen molar-refractivity contribution in [3.8, 4) is 0 Å². The second-order valence-corrected chi connectivity index (χ2v) is 3.79. The molecule has 0 radical (unpaired) electrons. The molecule has 0 aliphatic rings. The van der Waals surface area contributed by atoms with Crippen LogP contribution >= 0.6 is 11.6 Å². The second-order valence-electron chi connectivity index (χ2n) is 3.57. The van der Waals surface area contributed by atoms with E-state index in [-0.39, 0.29) is 6.07 Å². The van der Waals surface area contributed by atoms with Crippen LogP contribution in [0.3, 0.4) is 0 Å². The van der Waals surface area contributed by atoms with Gasteiger partial charge in [0.25, 0.3) is 0 Å². The third kappa shape index (κ3) is 3.79. The molecule has 84 valence electrons. The number of rotatable bonds is 7. The van der Waals surface area contributed by atoms with Gasteiger partial charge in [-0.2, -0.15) is 0 Å². The summed E-state index contributed by atoms with van der Waals surface area (Å²) < 4.78 is 5.25. The first kappa shape index (κ1) is 13.6. The molecule has 2 nitrogen and oxygen atoms in total. The van der Waals surface area contributed by atoms with Gasteiger partial charge in [0.15, 0.2) is 11.9 Å². The Bertz CT molecular complexity index is 163. The number of hydrogen-bond donors (Lipinski definition) is 0. The minimum Gasteiger partial charge on any atom is -0.464 e. The van der Waals surface area contributed by atoms with Crippen LogP contribution in [-0.2, 0) is 4.74 Å². The molecule has 0 aliphatic heterocycles. The lowest BCUT2D eigenvalue weighted by Gasteiger charge is -2.36. The highest BCUT2D eigenvalue weighted by atomic mass is 35.5. The van der Waals surface area contributed by atoms with Gasteiger partial charge in [-0.05, 0) is 33.3 Å². The van der Waals surface area contributed by atoms with Crippen molar-refractivity contribution < 1.29 is 4.74 Å². The summed E-state index contributed by atoms with van der Waals surface area (Å²) in [5.74, 6) is 0.684. The summed E-state index contributed by atoms with van der Waals surface area (Å²) in [5, 5.41) is 0. The van der Waals surface area contributed by atoms with Gasteiger partial charge in [0.2, 0.25) is 0 Å². The van der Waals surface area contributed by atoms with E-state index in [0.717, 1.165) is 12.8 Å². The monoisotopic (exact) mass is 219 g/mol. The maximum Gasteiger partial charge on any atom is 0.183 e. The van der Waals surface area contributed by atoms with Gasteiger partial charge >= 0.3 is 0 Å². The molecule has 0 bridgehead atoms. The molecular weight excluding hydrogens is 198 g/mol. The molecule has 0 amide bonds. The van der Waals surface area contributed by atoms with Crippen molar-refractivity contribution in [3.63, 3.8) is 0 Å². The SMILES string of the molecule is C=C(OCCl)N(C(C)CC)C(C)CC. The van der Waals surface area contributed by atoms with Crippen LogP contribution in [0.15, 0.2) is 12.5 Å². The normalized spacial score (nSPS) is 14.6. The molecule has 2 atom stereocenters. The van der Waals surface area contributed by atoms with E-state index in [9.17, 15) is 0 Å². The molecule has 2 unspecified atom stereocenters. The second kappa shape index (κ2) is 6.99. The van der Waals surface area contributed by atoms with E-state index in [4.69, 9.17) is 16.3 Å². The molecule has 3 heteroatoms. The van der Waals surface area contributed by atoms with Crippen molar-refractivity contribution in [1.82, 2.24) is 4.90 Å². The molecule has 0 aromatic carbocycles. The fraction of sp³-hybridized carbons (Fsp3) is 0.818. The zero-order chi connectivity index (χ0) is 11.1. The zero-order valence-corrected chi connectivity index (χ0v) is 10.5.